The number of aromatic nitrogens is 2. The monoisotopic (exact) mass is 250 g/mol. The molecule has 0 aromatic carbocycles. The average molecular weight is 250 g/mol. The van der Waals surface area contributed by atoms with Crippen molar-refractivity contribution < 1.29 is 5.11 Å². The minimum absolute atomic E-state index is 0.327. The standard InChI is InChI=1S/C15H26N2O/c1-4-12-6-5-7-13(8-12)15(18)14-9-16-17(10-14)11(2)3/h9-13,15,18H,4-8H2,1-3H3. The molecule has 1 N–H and O–H groups in total. The first-order chi connectivity index (χ1) is 8.61. The van der Waals surface area contributed by atoms with E-state index in [1.807, 2.05) is 17.1 Å². The molecule has 102 valence electrons. The van der Waals surface area contributed by atoms with E-state index in [0.717, 1.165) is 17.9 Å². The lowest BCUT2D eigenvalue weighted by Gasteiger charge is -2.31. The second kappa shape index (κ2) is 5.87. The summed E-state index contributed by atoms with van der Waals surface area (Å²) in [5.41, 5.74) is 0.991. The molecule has 1 saturated carbocycles. The molecule has 3 heteroatoms. The van der Waals surface area contributed by atoms with Crippen molar-refractivity contribution in [1.29, 1.82) is 0 Å². The van der Waals surface area contributed by atoms with Gasteiger partial charge >= 0.3 is 0 Å². The Morgan fingerprint density at radius 3 is 2.83 bits per heavy atom. The lowest BCUT2D eigenvalue weighted by atomic mass is 9.76. The van der Waals surface area contributed by atoms with Crippen LogP contribution in [0.4, 0.5) is 0 Å². The summed E-state index contributed by atoms with van der Waals surface area (Å²) < 4.78 is 1.93. The minimum Gasteiger partial charge on any atom is -0.388 e. The largest absolute Gasteiger partial charge is 0.388 e. The van der Waals surface area contributed by atoms with Gasteiger partial charge in [0.25, 0.3) is 0 Å². The Bertz CT molecular complexity index is 372. The molecule has 0 radical (unpaired) electrons. The van der Waals surface area contributed by atoms with Gasteiger partial charge in [0.2, 0.25) is 0 Å². The van der Waals surface area contributed by atoms with E-state index in [2.05, 4.69) is 25.9 Å². The van der Waals surface area contributed by atoms with Gasteiger partial charge in [-0.25, -0.2) is 0 Å². The van der Waals surface area contributed by atoms with Crippen molar-refractivity contribution in [2.75, 3.05) is 0 Å². The predicted molar refractivity (Wildman–Crippen MR) is 73.3 cm³/mol. The topological polar surface area (TPSA) is 38.1 Å². The van der Waals surface area contributed by atoms with Crippen LogP contribution >= 0.6 is 0 Å². The summed E-state index contributed by atoms with van der Waals surface area (Å²) in [6.07, 6.45) is 9.69. The molecule has 1 aromatic heterocycles. The molecule has 3 unspecified atom stereocenters. The van der Waals surface area contributed by atoms with Gasteiger partial charge in [-0.3, -0.25) is 4.68 Å². The molecule has 0 amide bonds. The van der Waals surface area contributed by atoms with Crippen molar-refractivity contribution >= 4 is 0 Å². The highest BCUT2D eigenvalue weighted by Gasteiger charge is 2.28. The third-order valence-corrected chi connectivity index (χ3v) is 4.34. The summed E-state index contributed by atoms with van der Waals surface area (Å²) in [7, 11) is 0. The van der Waals surface area contributed by atoms with Gasteiger partial charge in [-0.2, -0.15) is 5.10 Å². The first-order valence-electron chi connectivity index (χ1n) is 7.34. The van der Waals surface area contributed by atoms with Crippen molar-refractivity contribution in [3.05, 3.63) is 18.0 Å². The first kappa shape index (κ1) is 13.6. The molecule has 0 bridgehead atoms. The molecule has 0 saturated heterocycles. The molecule has 2 rings (SSSR count). The maximum absolute atomic E-state index is 10.5. The van der Waals surface area contributed by atoms with E-state index in [4.69, 9.17) is 0 Å². The fraction of sp³-hybridized carbons (Fsp3) is 0.800. The Morgan fingerprint density at radius 1 is 1.44 bits per heavy atom. The number of rotatable bonds is 4. The molecule has 18 heavy (non-hydrogen) atoms. The SMILES string of the molecule is CCC1CCCC(C(O)c2cnn(C(C)C)c2)C1. The van der Waals surface area contributed by atoms with Crippen LogP contribution in [0.2, 0.25) is 0 Å². The van der Waals surface area contributed by atoms with Crippen LogP contribution in [0.3, 0.4) is 0 Å². The molecule has 0 aliphatic heterocycles. The van der Waals surface area contributed by atoms with Gasteiger partial charge < -0.3 is 5.11 Å². The van der Waals surface area contributed by atoms with E-state index in [1.54, 1.807) is 0 Å². The average Bonchev–Trinajstić information content (AvgIpc) is 2.87. The highest BCUT2D eigenvalue weighted by molar-refractivity contribution is 5.10. The van der Waals surface area contributed by atoms with Crippen LogP contribution in [0.15, 0.2) is 12.4 Å². The second-order valence-corrected chi connectivity index (χ2v) is 5.99. The minimum atomic E-state index is -0.327. The van der Waals surface area contributed by atoms with Crippen molar-refractivity contribution in [3.8, 4) is 0 Å². The Labute approximate surface area is 110 Å². The summed E-state index contributed by atoms with van der Waals surface area (Å²) in [6.45, 7) is 6.48. The van der Waals surface area contributed by atoms with Gasteiger partial charge in [-0.1, -0.05) is 26.2 Å². The molecule has 3 atom stereocenters. The number of nitrogens with zero attached hydrogens (tertiary/aromatic N) is 2. The molecular formula is C15H26N2O. The summed E-state index contributed by atoms with van der Waals surface area (Å²) in [5, 5.41) is 14.8. The number of hydrogen-bond donors (Lipinski definition) is 1. The third kappa shape index (κ3) is 2.94. The van der Waals surface area contributed by atoms with Crippen LogP contribution in [0.1, 0.15) is 70.6 Å². The second-order valence-electron chi connectivity index (χ2n) is 5.99. The zero-order valence-electron chi connectivity index (χ0n) is 11.8. The van der Waals surface area contributed by atoms with Gasteiger partial charge in [0.1, 0.15) is 0 Å². The van der Waals surface area contributed by atoms with Crippen molar-refractivity contribution in [2.24, 2.45) is 11.8 Å². The van der Waals surface area contributed by atoms with Gasteiger partial charge in [0.15, 0.2) is 0 Å². The van der Waals surface area contributed by atoms with E-state index < -0.39 is 0 Å². The highest BCUT2D eigenvalue weighted by atomic mass is 16.3. The van der Waals surface area contributed by atoms with Crippen LogP contribution in [-0.2, 0) is 0 Å². The van der Waals surface area contributed by atoms with Gasteiger partial charge in [-0.05, 0) is 38.5 Å². The zero-order chi connectivity index (χ0) is 13.1. The smallest absolute Gasteiger partial charge is 0.0848 e. The van der Waals surface area contributed by atoms with Crippen molar-refractivity contribution in [1.82, 2.24) is 9.78 Å². The molecule has 1 heterocycles. The van der Waals surface area contributed by atoms with E-state index in [9.17, 15) is 5.11 Å². The van der Waals surface area contributed by atoms with E-state index in [-0.39, 0.29) is 6.10 Å². The van der Waals surface area contributed by atoms with Crippen molar-refractivity contribution in [2.45, 2.75) is 65.0 Å². The van der Waals surface area contributed by atoms with Crippen LogP contribution < -0.4 is 0 Å². The molecule has 1 aromatic rings. The normalized spacial score (nSPS) is 26.5. The van der Waals surface area contributed by atoms with Crippen LogP contribution in [0, 0.1) is 11.8 Å². The molecule has 0 spiro atoms. The quantitative estimate of drug-likeness (QED) is 0.884. The highest BCUT2D eigenvalue weighted by Crippen LogP contribution is 2.38. The predicted octanol–water partition coefficient (Wildman–Crippen LogP) is 3.71. The Balaban J connectivity index is 2.03. The molecule has 1 fully saturated rings. The molecular weight excluding hydrogens is 224 g/mol. The van der Waals surface area contributed by atoms with Crippen LogP contribution in [0.5, 0.6) is 0 Å². The van der Waals surface area contributed by atoms with Crippen molar-refractivity contribution in [3.63, 3.8) is 0 Å². The van der Waals surface area contributed by atoms with Gasteiger partial charge in [0, 0.05) is 17.8 Å². The Morgan fingerprint density at radius 2 is 2.22 bits per heavy atom. The summed E-state index contributed by atoms with van der Waals surface area (Å²) >= 11 is 0. The fourth-order valence-corrected chi connectivity index (χ4v) is 3.05. The number of hydrogen-bond acceptors (Lipinski definition) is 2. The summed E-state index contributed by atoms with van der Waals surface area (Å²) in [6, 6.07) is 0.362. The third-order valence-electron chi connectivity index (χ3n) is 4.34. The zero-order valence-corrected chi connectivity index (χ0v) is 11.8. The maximum atomic E-state index is 10.5. The maximum Gasteiger partial charge on any atom is 0.0848 e. The Hall–Kier alpha value is -0.830. The number of aliphatic hydroxyl groups is 1. The fourth-order valence-electron chi connectivity index (χ4n) is 3.05. The first-order valence-corrected chi connectivity index (χ1v) is 7.34. The van der Waals surface area contributed by atoms with E-state index >= 15 is 0 Å². The molecule has 1 aliphatic rings. The van der Waals surface area contributed by atoms with Crippen LogP contribution in [-0.4, -0.2) is 14.9 Å². The summed E-state index contributed by atoms with van der Waals surface area (Å²) in [4.78, 5) is 0. The van der Waals surface area contributed by atoms with Crippen LogP contribution in [0.25, 0.3) is 0 Å². The molecule has 1 aliphatic carbocycles. The number of aliphatic hydroxyl groups excluding tert-OH is 1. The van der Waals surface area contributed by atoms with E-state index in [0.29, 0.717) is 12.0 Å². The van der Waals surface area contributed by atoms with Gasteiger partial charge in [0.05, 0.1) is 12.3 Å². The lowest BCUT2D eigenvalue weighted by Crippen LogP contribution is -2.21. The summed E-state index contributed by atoms with van der Waals surface area (Å²) in [5.74, 6) is 1.23. The lowest BCUT2D eigenvalue weighted by molar-refractivity contribution is 0.0677. The van der Waals surface area contributed by atoms with Gasteiger partial charge in [-0.15, -0.1) is 0 Å². The molecule has 3 nitrogen and oxygen atoms in total. The van der Waals surface area contributed by atoms with E-state index in [1.165, 1.54) is 25.7 Å². The Kier molecular flexibility index (Phi) is 4.44.